The molecule has 0 spiro atoms. The Balaban J connectivity index is 1.90. The maximum Gasteiger partial charge on any atom is 0.323 e. The number of anilines is 1. The average Bonchev–Trinajstić information content (AvgIpc) is 2.81. The summed E-state index contributed by atoms with van der Waals surface area (Å²) in [6.07, 6.45) is 0. The summed E-state index contributed by atoms with van der Waals surface area (Å²) in [5.74, 6) is 0. The minimum Gasteiger partial charge on any atom is -0.378 e. The van der Waals surface area contributed by atoms with E-state index in [1.165, 1.54) is 11.1 Å². The lowest BCUT2D eigenvalue weighted by Crippen LogP contribution is -2.07. The van der Waals surface area contributed by atoms with Crippen molar-refractivity contribution in [3.8, 4) is 0 Å². The first kappa shape index (κ1) is 13.5. The van der Waals surface area contributed by atoms with Crippen molar-refractivity contribution >= 4 is 16.7 Å². The van der Waals surface area contributed by atoms with E-state index in [2.05, 4.69) is 54.3 Å². The zero-order valence-electron chi connectivity index (χ0n) is 12.4. The number of rotatable bonds is 3. The van der Waals surface area contributed by atoms with E-state index in [1.807, 2.05) is 18.2 Å². The first-order valence-electron chi connectivity index (χ1n) is 7.08. The van der Waals surface area contributed by atoms with Crippen molar-refractivity contribution in [2.75, 3.05) is 5.32 Å². The van der Waals surface area contributed by atoms with Gasteiger partial charge in [-0.2, -0.15) is 0 Å². The maximum atomic E-state index is 11.3. The number of hydrogen-bond donors (Lipinski definition) is 3. The Morgan fingerprint density at radius 3 is 2.57 bits per heavy atom. The van der Waals surface area contributed by atoms with Crippen LogP contribution in [0.25, 0.3) is 11.0 Å². The van der Waals surface area contributed by atoms with Gasteiger partial charge in [0, 0.05) is 11.7 Å². The number of aromatic amines is 2. The van der Waals surface area contributed by atoms with Crippen molar-refractivity contribution in [2.45, 2.75) is 26.8 Å². The molecule has 4 heteroatoms. The molecule has 0 aliphatic carbocycles. The predicted octanol–water partition coefficient (Wildman–Crippen LogP) is 3.65. The predicted molar refractivity (Wildman–Crippen MR) is 86.9 cm³/mol. The van der Waals surface area contributed by atoms with E-state index in [0.717, 1.165) is 22.3 Å². The number of hydrogen-bond acceptors (Lipinski definition) is 2. The first-order valence-corrected chi connectivity index (χ1v) is 7.08. The van der Waals surface area contributed by atoms with Crippen molar-refractivity contribution in [3.05, 3.63) is 63.6 Å². The third-order valence-electron chi connectivity index (χ3n) is 3.81. The molecule has 1 unspecified atom stereocenters. The number of H-pyrrole nitrogens is 2. The topological polar surface area (TPSA) is 60.7 Å². The fraction of sp³-hybridized carbons (Fsp3) is 0.235. The minimum atomic E-state index is -0.169. The van der Waals surface area contributed by atoms with E-state index in [1.54, 1.807) is 0 Å². The van der Waals surface area contributed by atoms with Gasteiger partial charge in [-0.15, -0.1) is 0 Å². The lowest BCUT2D eigenvalue weighted by atomic mass is 10.1. The van der Waals surface area contributed by atoms with E-state index in [4.69, 9.17) is 0 Å². The van der Waals surface area contributed by atoms with Crippen LogP contribution >= 0.6 is 0 Å². The van der Waals surface area contributed by atoms with Gasteiger partial charge in [-0.25, -0.2) is 4.79 Å². The molecular formula is C17H19N3O. The highest BCUT2D eigenvalue weighted by molar-refractivity contribution is 5.75. The molecule has 0 saturated carbocycles. The van der Waals surface area contributed by atoms with E-state index < -0.39 is 0 Å². The molecular weight excluding hydrogens is 262 g/mol. The summed E-state index contributed by atoms with van der Waals surface area (Å²) in [6, 6.07) is 12.5. The van der Waals surface area contributed by atoms with Crippen LogP contribution in [0.4, 0.5) is 5.69 Å². The maximum absolute atomic E-state index is 11.3. The standard InChI is InChI=1S/C17H19N3O/c1-10-4-5-11(2)15(8-10)18-12(3)13-6-7-14-16(9-13)20-17(21)19-14/h4-9,12,18H,1-3H3,(H2,19,20,21). The summed E-state index contributed by atoms with van der Waals surface area (Å²) in [7, 11) is 0. The Morgan fingerprint density at radius 2 is 1.76 bits per heavy atom. The second kappa shape index (κ2) is 5.13. The van der Waals surface area contributed by atoms with Gasteiger partial charge in [-0.05, 0) is 55.7 Å². The normalized spacial score (nSPS) is 12.5. The number of fused-ring (bicyclic) bond motifs is 1. The van der Waals surface area contributed by atoms with E-state index in [9.17, 15) is 4.79 Å². The van der Waals surface area contributed by atoms with Gasteiger partial charge in [0.2, 0.25) is 0 Å². The molecule has 108 valence electrons. The van der Waals surface area contributed by atoms with Gasteiger partial charge in [0.1, 0.15) is 0 Å². The third-order valence-corrected chi connectivity index (χ3v) is 3.81. The largest absolute Gasteiger partial charge is 0.378 e. The molecule has 0 radical (unpaired) electrons. The highest BCUT2D eigenvalue weighted by Crippen LogP contribution is 2.24. The highest BCUT2D eigenvalue weighted by atomic mass is 16.1. The van der Waals surface area contributed by atoms with Crippen molar-refractivity contribution < 1.29 is 0 Å². The summed E-state index contributed by atoms with van der Waals surface area (Å²) in [6.45, 7) is 6.31. The molecule has 1 atom stereocenters. The number of benzene rings is 2. The van der Waals surface area contributed by atoms with Crippen LogP contribution in [0.3, 0.4) is 0 Å². The monoisotopic (exact) mass is 281 g/mol. The molecule has 3 N–H and O–H groups in total. The van der Waals surface area contributed by atoms with E-state index in [-0.39, 0.29) is 11.7 Å². The summed E-state index contributed by atoms with van der Waals surface area (Å²) in [4.78, 5) is 16.9. The number of imidazole rings is 1. The molecule has 21 heavy (non-hydrogen) atoms. The highest BCUT2D eigenvalue weighted by Gasteiger charge is 2.09. The number of aryl methyl sites for hydroxylation is 2. The minimum absolute atomic E-state index is 0.160. The van der Waals surface area contributed by atoms with Gasteiger partial charge in [0.25, 0.3) is 0 Å². The molecule has 4 nitrogen and oxygen atoms in total. The summed E-state index contributed by atoms with van der Waals surface area (Å²) in [5.41, 5.74) is 6.25. The Bertz CT molecular complexity index is 845. The van der Waals surface area contributed by atoms with Crippen LogP contribution in [0.5, 0.6) is 0 Å². The van der Waals surface area contributed by atoms with Crippen LogP contribution in [0.15, 0.2) is 41.2 Å². The number of aromatic nitrogens is 2. The molecule has 0 amide bonds. The quantitative estimate of drug-likeness (QED) is 0.686. The average molecular weight is 281 g/mol. The van der Waals surface area contributed by atoms with Gasteiger partial charge < -0.3 is 15.3 Å². The van der Waals surface area contributed by atoms with Crippen LogP contribution in [-0.2, 0) is 0 Å². The summed E-state index contributed by atoms with van der Waals surface area (Å²) in [5, 5.41) is 3.54. The fourth-order valence-corrected chi connectivity index (χ4v) is 2.53. The fourth-order valence-electron chi connectivity index (χ4n) is 2.53. The SMILES string of the molecule is Cc1ccc(C)c(NC(C)c2ccc3[nH]c(=O)[nH]c3c2)c1. The molecule has 3 rings (SSSR count). The van der Waals surface area contributed by atoms with E-state index in [0.29, 0.717) is 0 Å². The molecule has 0 aliphatic rings. The second-order valence-electron chi connectivity index (χ2n) is 5.57. The molecule has 1 heterocycles. The van der Waals surface area contributed by atoms with Crippen molar-refractivity contribution in [2.24, 2.45) is 0 Å². The first-order chi connectivity index (χ1) is 10.0. The van der Waals surface area contributed by atoms with Crippen molar-refractivity contribution in [3.63, 3.8) is 0 Å². The Kier molecular flexibility index (Phi) is 3.29. The van der Waals surface area contributed by atoms with Crippen LogP contribution in [0.2, 0.25) is 0 Å². The van der Waals surface area contributed by atoms with E-state index >= 15 is 0 Å². The molecule has 1 aromatic heterocycles. The van der Waals surface area contributed by atoms with Crippen LogP contribution < -0.4 is 11.0 Å². The Morgan fingerprint density at radius 1 is 1.00 bits per heavy atom. The van der Waals surface area contributed by atoms with Gasteiger partial charge in [0.05, 0.1) is 11.0 Å². The smallest absolute Gasteiger partial charge is 0.323 e. The van der Waals surface area contributed by atoms with Crippen molar-refractivity contribution in [1.29, 1.82) is 0 Å². The Hall–Kier alpha value is -2.49. The molecule has 2 aromatic carbocycles. The summed E-state index contributed by atoms with van der Waals surface area (Å²) >= 11 is 0. The molecule has 0 saturated heterocycles. The lowest BCUT2D eigenvalue weighted by molar-refractivity contribution is 0.884. The number of nitrogens with one attached hydrogen (secondary N) is 3. The zero-order chi connectivity index (χ0) is 15.0. The van der Waals surface area contributed by atoms with Crippen LogP contribution in [0.1, 0.15) is 29.7 Å². The zero-order valence-corrected chi connectivity index (χ0v) is 12.4. The second-order valence-corrected chi connectivity index (χ2v) is 5.57. The third kappa shape index (κ3) is 2.70. The molecule has 3 aromatic rings. The lowest BCUT2D eigenvalue weighted by Gasteiger charge is -2.18. The Labute approximate surface area is 123 Å². The summed E-state index contributed by atoms with van der Waals surface area (Å²) < 4.78 is 0. The van der Waals surface area contributed by atoms with Gasteiger partial charge in [0.15, 0.2) is 0 Å². The van der Waals surface area contributed by atoms with Gasteiger partial charge in [-0.1, -0.05) is 18.2 Å². The molecule has 0 bridgehead atoms. The van der Waals surface area contributed by atoms with Crippen LogP contribution in [-0.4, -0.2) is 9.97 Å². The van der Waals surface area contributed by atoms with Gasteiger partial charge in [-0.3, -0.25) is 0 Å². The molecule has 0 aliphatic heterocycles. The molecule has 0 fully saturated rings. The van der Waals surface area contributed by atoms with Crippen molar-refractivity contribution in [1.82, 2.24) is 9.97 Å². The van der Waals surface area contributed by atoms with Crippen LogP contribution in [0, 0.1) is 13.8 Å². The van der Waals surface area contributed by atoms with Gasteiger partial charge >= 0.3 is 5.69 Å².